The van der Waals surface area contributed by atoms with Crippen molar-refractivity contribution >= 4 is 50.5 Å². The average molecular weight is 342 g/mol. The summed E-state index contributed by atoms with van der Waals surface area (Å²) in [4.78, 5) is 34.4. The number of fused-ring (bicyclic) bond motifs is 1. The molecule has 2 N–H and O–H groups in total. The third-order valence-corrected chi connectivity index (χ3v) is 5.15. The van der Waals surface area contributed by atoms with Crippen molar-refractivity contribution in [3.63, 3.8) is 0 Å². The number of aromatic nitrogens is 2. The molecule has 0 spiro atoms. The number of nitrogens with one attached hydrogen (secondary N) is 2. The van der Waals surface area contributed by atoms with E-state index < -0.39 is 5.91 Å². The van der Waals surface area contributed by atoms with Gasteiger partial charge < -0.3 is 5.32 Å². The van der Waals surface area contributed by atoms with E-state index in [1.54, 1.807) is 18.3 Å². The first kappa shape index (κ1) is 14.0. The number of amides is 2. The van der Waals surface area contributed by atoms with Crippen LogP contribution in [0.4, 0.5) is 5.82 Å². The lowest BCUT2D eigenvalue weighted by atomic mass is 10.2. The van der Waals surface area contributed by atoms with Crippen molar-refractivity contribution in [2.75, 3.05) is 5.32 Å². The fraction of sp³-hybridized carbons (Fsp3) is 0.0667. The zero-order chi connectivity index (χ0) is 16.0. The molecule has 2 amide bonds. The Hall–Kier alpha value is -2.58. The van der Waals surface area contributed by atoms with E-state index in [0.717, 1.165) is 15.1 Å². The Bertz CT molecular complexity index is 973. The highest BCUT2D eigenvalue weighted by atomic mass is 32.1. The van der Waals surface area contributed by atoms with Crippen LogP contribution in [0, 0.1) is 0 Å². The lowest BCUT2D eigenvalue weighted by Crippen LogP contribution is -2.24. The van der Waals surface area contributed by atoms with Crippen molar-refractivity contribution in [3.8, 4) is 10.7 Å². The molecule has 1 aliphatic heterocycles. The van der Waals surface area contributed by atoms with Crippen LogP contribution in [-0.2, 0) is 9.59 Å². The number of hydrogen-bond acceptors (Lipinski definition) is 7. The summed E-state index contributed by atoms with van der Waals surface area (Å²) < 4.78 is 0. The molecule has 0 fully saturated rings. The summed E-state index contributed by atoms with van der Waals surface area (Å²) in [7, 11) is 0. The Morgan fingerprint density at radius 2 is 1.96 bits per heavy atom. The smallest absolute Gasteiger partial charge is 0.275 e. The van der Waals surface area contributed by atoms with E-state index in [-0.39, 0.29) is 11.6 Å². The third-order valence-electron chi connectivity index (χ3n) is 3.48. The number of imide groups is 1. The van der Waals surface area contributed by atoms with Gasteiger partial charge in [-0.1, -0.05) is 6.07 Å². The molecular formula is C15H10N4O2S2. The highest BCUT2D eigenvalue weighted by Gasteiger charge is 2.28. The molecule has 0 bridgehead atoms. The summed E-state index contributed by atoms with van der Waals surface area (Å²) in [5, 5.41) is 9.98. The molecule has 114 valence electrons. The zero-order valence-corrected chi connectivity index (χ0v) is 13.5. The summed E-state index contributed by atoms with van der Waals surface area (Å²) in [5.74, 6) is 0.304. The molecule has 0 atom stereocenters. The molecule has 8 heteroatoms. The van der Waals surface area contributed by atoms with Gasteiger partial charge in [0.1, 0.15) is 16.3 Å². The second-order valence-electron chi connectivity index (χ2n) is 4.92. The number of carbonyl (C=O) groups excluding carboxylic acids is 2. The summed E-state index contributed by atoms with van der Waals surface area (Å²) in [6, 6.07) is 5.77. The molecule has 6 nitrogen and oxygen atoms in total. The molecule has 3 aromatic rings. The van der Waals surface area contributed by atoms with Crippen LogP contribution in [0.3, 0.4) is 0 Å². The van der Waals surface area contributed by atoms with E-state index in [2.05, 4.69) is 20.6 Å². The number of nitrogens with zero attached hydrogens (tertiary/aromatic N) is 2. The number of rotatable bonds is 3. The maximum Gasteiger partial charge on any atom is 0.275 e. The van der Waals surface area contributed by atoms with E-state index >= 15 is 0 Å². The number of carbonyl (C=O) groups is 2. The topological polar surface area (TPSA) is 84.0 Å². The van der Waals surface area contributed by atoms with Crippen molar-refractivity contribution in [2.24, 2.45) is 0 Å². The number of thiophene rings is 2. The number of anilines is 1. The van der Waals surface area contributed by atoms with Crippen LogP contribution >= 0.6 is 22.7 Å². The van der Waals surface area contributed by atoms with E-state index in [0.29, 0.717) is 17.2 Å². The van der Waals surface area contributed by atoms with Gasteiger partial charge in [-0.05, 0) is 29.8 Å². The monoisotopic (exact) mass is 342 g/mol. The quantitative estimate of drug-likeness (QED) is 0.715. The molecule has 0 saturated heterocycles. The Balaban J connectivity index is 1.85. The predicted molar refractivity (Wildman–Crippen MR) is 90.2 cm³/mol. The van der Waals surface area contributed by atoms with Crippen LogP contribution in [-0.4, -0.2) is 21.8 Å². The van der Waals surface area contributed by atoms with Crippen LogP contribution in [0.5, 0.6) is 0 Å². The molecule has 3 aromatic heterocycles. The van der Waals surface area contributed by atoms with Crippen molar-refractivity contribution in [2.45, 2.75) is 6.92 Å². The Kier molecular flexibility index (Phi) is 3.21. The van der Waals surface area contributed by atoms with Crippen LogP contribution in [0.2, 0.25) is 0 Å². The second-order valence-corrected chi connectivity index (χ2v) is 6.76. The molecule has 0 aromatic carbocycles. The van der Waals surface area contributed by atoms with Gasteiger partial charge in [-0.25, -0.2) is 9.97 Å². The van der Waals surface area contributed by atoms with Crippen LogP contribution in [0.15, 0.2) is 40.2 Å². The molecular weight excluding hydrogens is 332 g/mol. The first-order chi connectivity index (χ1) is 11.1. The van der Waals surface area contributed by atoms with Gasteiger partial charge in [0.15, 0.2) is 5.82 Å². The molecule has 0 radical (unpaired) electrons. The fourth-order valence-electron chi connectivity index (χ4n) is 2.28. The van der Waals surface area contributed by atoms with Gasteiger partial charge in [-0.3, -0.25) is 14.9 Å². The van der Waals surface area contributed by atoms with Crippen molar-refractivity contribution in [1.29, 1.82) is 0 Å². The van der Waals surface area contributed by atoms with Gasteiger partial charge in [-0.2, -0.15) is 0 Å². The van der Waals surface area contributed by atoms with Gasteiger partial charge >= 0.3 is 0 Å². The van der Waals surface area contributed by atoms with E-state index in [4.69, 9.17) is 0 Å². The first-order valence-electron chi connectivity index (χ1n) is 6.76. The van der Waals surface area contributed by atoms with Crippen molar-refractivity contribution < 1.29 is 9.59 Å². The standard InChI is InChI=1S/C15H10N4O2S2/c1-7-10(14(21)19-13(7)20)16-11-8-4-6-23-15(8)18-12(17-11)9-3-2-5-22-9/h2-6H,1H3,(H2,16,17,18,19,20,21). The second kappa shape index (κ2) is 5.25. The van der Waals surface area contributed by atoms with E-state index in [9.17, 15) is 9.59 Å². The minimum absolute atomic E-state index is 0.235. The van der Waals surface area contributed by atoms with Crippen molar-refractivity contribution in [3.05, 3.63) is 40.2 Å². The minimum atomic E-state index is -0.438. The largest absolute Gasteiger partial charge is 0.335 e. The predicted octanol–water partition coefficient (Wildman–Crippen LogP) is 2.76. The minimum Gasteiger partial charge on any atom is -0.335 e. The van der Waals surface area contributed by atoms with E-state index in [1.807, 2.05) is 29.0 Å². The normalized spacial score (nSPS) is 14.7. The van der Waals surface area contributed by atoms with Gasteiger partial charge in [0.25, 0.3) is 11.8 Å². The van der Waals surface area contributed by atoms with Crippen molar-refractivity contribution in [1.82, 2.24) is 15.3 Å². The molecule has 0 unspecified atom stereocenters. The Morgan fingerprint density at radius 1 is 1.09 bits per heavy atom. The SMILES string of the molecule is CC1=C(Nc2nc(-c3cccs3)nc3sccc23)C(=O)NC1=O. The lowest BCUT2D eigenvalue weighted by molar-refractivity contribution is -0.124. The molecule has 23 heavy (non-hydrogen) atoms. The maximum atomic E-state index is 11.9. The van der Waals surface area contributed by atoms with Crippen LogP contribution in [0.25, 0.3) is 20.9 Å². The highest BCUT2D eigenvalue weighted by Crippen LogP contribution is 2.31. The van der Waals surface area contributed by atoms with Gasteiger partial charge in [0.2, 0.25) is 0 Å². The Morgan fingerprint density at radius 3 is 2.65 bits per heavy atom. The average Bonchev–Trinajstić information content (AvgIpc) is 3.25. The molecule has 4 rings (SSSR count). The summed E-state index contributed by atoms with van der Waals surface area (Å²) >= 11 is 3.05. The fourth-order valence-corrected chi connectivity index (χ4v) is 3.70. The summed E-state index contributed by atoms with van der Waals surface area (Å²) in [6.07, 6.45) is 0. The van der Waals surface area contributed by atoms with E-state index in [1.165, 1.54) is 11.3 Å². The maximum absolute atomic E-state index is 11.9. The molecule has 4 heterocycles. The lowest BCUT2D eigenvalue weighted by Gasteiger charge is -2.08. The number of hydrogen-bond donors (Lipinski definition) is 2. The molecule has 0 saturated carbocycles. The van der Waals surface area contributed by atoms with Crippen LogP contribution < -0.4 is 10.6 Å². The van der Waals surface area contributed by atoms with Gasteiger partial charge in [-0.15, -0.1) is 22.7 Å². The third kappa shape index (κ3) is 2.32. The molecule has 0 aliphatic carbocycles. The summed E-state index contributed by atoms with van der Waals surface area (Å²) in [6.45, 7) is 1.61. The van der Waals surface area contributed by atoms with Crippen LogP contribution in [0.1, 0.15) is 6.92 Å². The highest BCUT2D eigenvalue weighted by molar-refractivity contribution is 7.17. The Labute approximate surface area is 138 Å². The van der Waals surface area contributed by atoms with Gasteiger partial charge in [0, 0.05) is 5.57 Å². The van der Waals surface area contributed by atoms with Gasteiger partial charge in [0.05, 0.1) is 10.3 Å². The summed E-state index contributed by atoms with van der Waals surface area (Å²) in [5.41, 5.74) is 0.591. The zero-order valence-electron chi connectivity index (χ0n) is 11.9. The molecule has 1 aliphatic rings. The first-order valence-corrected chi connectivity index (χ1v) is 8.52.